The number of rotatable bonds is 8. The lowest BCUT2D eigenvalue weighted by atomic mass is 10.1. The first-order valence-corrected chi connectivity index (χ1v) is 13.7. The van der Waals surface area contributed by atoms with Crippen LogP contribution in [0.15, 0.2) is 49.1 Å². The van der Waals surface area contributed by atoms with Crippen molar-refractivity contribution in [1.82, 2.24) is 29.5 Å². The third kappa shape index (κ3) is 5.11. The first-order valence-electron chi connectivity index (χ1n) is 10.00. The molecule has 0 aliphatic carbocycles. The van der Waals surface area contributed by atoms with Crippen molar-refractivity contribution in [3.05, 3.63) is 49.1 Å². The molecule has 8 nitrogen and oxygen atoms in total. The van der Waals surface area contributed by atoms with Crippen LogP contribution in [0, 0.1) is 0 Å². The lowest BCUT2D eigenvalue weighted by Crippen LogP contribution is -2.22. The van der Waals surface area contributed by atoms with Gasteiger partial charge in [0.1, 0.15) is 12.5 Å². The van der Waals surface area contributed by atoms with E-state index < -0.39 is 8.07 Å². The van der Waals surface area contributed by atoms with Gasteiger partial charge in [-0.15, -0.1) is 0 Å². The molecule has 4 aromatic rings. The molecule has 0 atom stereocenters. The zero-order valence-corrected chi connectivity index (χ0v) is 18.8. The summed E-state index contributed by atoms with van der Waals surface area (Å²) in [5.41, 5.74) is 3.66. The average molecular weight is 422 g/mol. The van der Waals surface area contributed by atoms with Gasteiger partial charge in [-0.25, -0.2) is 9.67 Å². The fraction of sp³-hybridized carbons (Fsp3) is 0.333. The number of pyridine rings is 2. The minimum Gasteiger partial charge on any atom is -0.360 e. The highest BCUT2D eigenvalue weighted by molar-refractivity contribution is 6.76. The normalized spacial score (nSPS) is 11.9. The van der Waals surface area contributed by atoms with Crippen LogP contribution in [0.3, 0.4) is 0 Å². The van der Waals surface area contributed by atoms with Crippen molar-refractivity contribution in [3.63, 3.8) is 0 Å². The van der Waals surface area contributed by atoms with E-state index in [2.05, 4.69) is 40.1 Å². The number of hydrogen-bond donors (Lipinski definition) is 1. The SMILES string of the molecule is Cn1cc(-c2cnc3ccc(Nc4ccn(COCC[Si](C)(C)C)n4)nc3c2)cn1. The third-order valence-electron chi connectivity index (χ3n) is 4.69. The van der Waals surface area contributed by atoms with Crippen LogP contribution in [-0.2, 0) is 18.5 Å². The molecule has 0 fully saturated rings. The van der Waals surface area contributed by atoms with Gasteiger partial charge in [0, 0.05) is 57.5 Å². The first-order chi connectivity index (χ1) is 14.4. The van der Waals surface area contributed by atoms with Crippen molar-refractivity contribution in [2.45, 2.75) is 32.4 Å². The van der Waals surface area contributed by atoms with Crippen LogP contribution in [0.5, 0.6) is 0 Å². The number of nitrogens with zero attached hydrogens (tertiary/aromatic N) is 6. The molecule has 156 valence electrons. The molecule has 1 N–H and O–H groups in total. The van der Waals surface area contributed by atoms with Gasteiger partial charge in [-0.1, -0.05) is 19.6 Å². The quantitative estimate of drug-likeness (QED) is 0.338. The Hall–Kier alpha value is -3.04. The van der Waals surface area contributed by atoms with Crippen LogP contribution in [0.25, 0.3) is 22.2 Å². The van der Waals surface area contributed by atoms with Gasteiger partial charge in [0.2, 0.25) is 0 Å². The zero-order valence-electron chi connectivity index (χ0n) is 17.8. The first kappa shape index (κ1) is 20.2. The fourth-order valence-corrected chi connectivity index (χ4v) is 3.73. The number of nitrogens with one attached hydrogen (secondary N) is 1. The Labute approximate surface area is 176 Å². The van der Waals surface area contributed by atoms with E-state index in [1.165, 1.54) is 0 Å². The molecule has 0 aliphatic heterocycles. The van der Waals surface area contributed by atoms with E-state index >= 15 is 0 Å². The standard InChI is InChI=1S/C21H27N7OSi/c1-27-14-17(13-23-27)16-11-19-18(22-12-16)5-6-20(24-19)25-21-7-8-28(26-21)15-29-9-10-30(2,3)4/h5-8,11-14H,9-10,15H2,1-4H3,(H,24,25,26). The Morgan fingerprint density at radius 2 is 1.90 bits per heavy atom. The van der Waals surface area contributed by atoms with E-state index in [1.807, 2.05) is 56.1 Å². The Bertz CT molecular complexity index is 1150. The van der Waals surface area contributed by atoms with Gasteiger partial charge in [0.05, 0.1) is 17.2 Å². The lowest BCUT2D eigenvalue weighted by Gasteiger charge is -2.15. The Morgan fingerprint density at radius 1 is 1.03 bits per heavy atom. The number of aryl methyl sites for hydroxylation is 1. The van der Waals surface area contributed by atoms with Crippen molar-refractivity contribution in [2.24, 2.45) is 7.05 Å². The van der Waals surface area contributed by atoms with E-state index in [0.29, 0.717) is 6.73 Å². The van der Waals surface area contributed by atoms with Crippen LogP contribution in [0.2, 0.25) is 25.7 Å². The van der Waals surface area contributed by atoms with Crippen molar-refractivity contribution in [1.29, 1.82) is 0 Å². The third-order valence-corrected chi connectivity index (χ3v) is 6.40. The summed E-state index contributed by atoms with van der Waals surface area (Å²) < 4.78 is 9.31. The summed E-state index contributed by atoms with van der Waals surface area (Å²) in [5.74, 6) is 1.45. The van der Waals surface area contributed by atoms with Crippen molar-refractivity contribution in [3.8, 4) is 11.1 Å². The van der Waals surface area contributed by atoms with Gasteiger partial charge < -0.3 is 10.1 Å². The highest BCUT2D eigenvalue weighted by atomic mass is 28.3. The van der Waals surface area contributed by atoms with E-state index in [0.717, 1.165) is 46.4 Å². The van der Waals surface area contributed by atoms with Crippen LogP contribution in [-0.4, -0.2) is 44.2 Å². The molecule has 4 aromatic heterocycles. The summed E-state index contributed by atoms with van der Waals surface area (Å²) in [7, 11) is 0.824. The van der Waals surface area contributed by atoms with Gasteiger partial charge in [-0.2, -0.15) is 10.2 Å². The largest absolute Gasteiger partial charge is 0.360 e. The second-order valence-electron chi connectivity index (χ2n) is 8.57. The van der Waals surface area contributed by atoms with Gasteiger partial charge >= 0.3 is 0 Å². The maximum Gasteiger partial charge on any atom is 0.153 e. The molecular weight excluding hydrogens is 394 g/mol. The van der Waals surface area contributed by atoms with Crippen LogP contribution < -0.4 is 5.32 Å². The summed E-state index contributed by atoms with van der Waals surface area (Å²) in [6, 6.07) is 8.94. The van der Waals surface area contributed by atoms with Gasteiger partial charge in [0.15, 0.2) is 5.82 Å². The highest BCUT2D eigenvalue weighted by Crippen LogP contribution is 2.23. The second-order valence-corrected chi connectivity index (χ2v) is 14.2. The Morgan fingerprint density at radius 3 is 2.67 bits per heavy atom. The van der Waals surface area contributed by atoms with Crippen LogP contribution >= 0.6 is 0 Å². The summed E-state index contributed by atoms with van der Waals surface area (Å²) in [6.45, 7) is 8.26. The number of hydrogen-bond acceptors (Lipinski definition) is 6. The molecule has 0 radical (unpaired) electrons. The smallest absolute Gasteiger partial charge is 0.153 e. The van der Waals surface area contributed by atoms with E-state index in [1.54, 1.807) is 9.36 Å². The van der Waals surface area contributed by atoms with Gasteiger partial charge in [-0.3, -0.25) is 9.67 Å². The maximum atomic E-state index is 5.75. The minimum atomic E-state index is -1.07. The Kier molecular flexibility index (Phi) is 5.64. The molecule has 0 saturated carbocycles. The number of anilines is 2. The van der Waals surface area contributed by atoms with Gasteiger partial charge in [-0.05, 0) is 24.2 Å². The summed E-state index contributed by atoms with van der Waals surface area (Å²) >= 11 is 0. The molecule has 0 aliphatic rings. The molecule has 0 spiro atoms. The molecule has 0 unspecified atom stereocenters. The molecule has 0 saturated heterocycles. The number of aromatic nitrogens is 6. The Balaban J connectivity index is 1.43. The minimum absolute atomic E-state index is 0.454. The predicted octanol–water partition coefficient (Wildman–Crippen LogP) is 4.28. The summed E-state index contributed by atoms with van der Waals surface area (Å²) in [6.07, 6.45) is 7.53. The topological polar surface area (TPSA) is 82.7 Å². The van der Waals surface area contributed by atoms with E-state index in [4.69, 9.17) is 9.72 Å². The van der Waals surface area contributed by atoms with Crippen molar-refractivity contribution < 1.29 is 4.74 Å². The predicted molar refractivity (Wildman–Crippen MR) is 121 cm³/mol. The molecule has 0 aromatic carbocycles. The molecule has 0 amide bonds. The van der Waals surface area contributed by atoms with Gasteiger partial charge in [0.25, 0.3) is 0 Å². The molecule has 0 bridgehead atoms. The number of fused-ring (bicyclic) bond motifs is 1. The average Bonchev–Trinajstić information content (AvgIpc) is 3.33. The highest BCUT2D eigenvalue weighted by Gasteiger charge is 2.12. The molecule has 30 heavy (non-hydrogen) atoms. The van der Waals surface area contributed by atoms with Crippen molar-refractivity contribution in [2.75, 3.05) is 11.9 Å². The monoisotopic (exact) mass is 421 g/mol. The summed E-state index contributed by atoms with van der Waals surface area (Å²) in [4.78, 5) is 9.22. The van der Waals surface area contributed by atoms with Crippen molar-refractivity contribution >= 4 is 30.7 Å². The molecule has 9 heteroatoms. The fourth-order valence-electron chi connectivity index (χ4n) is 2.97. The van der Waals surface area contributed by atoms with Crippen LogP contribution in [0.4, 0.5) is 11.6 Å². The van der Waals surface area contributed by atoms with E-state index in [-0.39, 0.29) is 0 Å². The lowest BCUT2D eigenvalue weighted by molar-refractivity contribution is 0.0788. The second kappa shape index (κ2) is 8.37. The zero-order chi connectivity index (χ0) is 21.1. The van der Waals surface area contributed by atoms with E-state index in [9.17, 15) is 0 Å². The molecule has 4 heterocycles. The van der Waals surface area contributed by atoms with Crippen LogP contribution in [0.1, 0.15) is 0 Å². The molecular formula is C21H27N7OSi. The summed E-state index contributed by atoms with van der Waals surface area (Å²) in [5, 5.41) is 12.0. The maximum absolute atomic E-state index is 5.75. The number of ether oxygens (including phenoxy) is 1. The molecule has 4 rings (SSSR count).